The van der Waals surface area contributed by atoms with Crippen molar-refractivity contribution in [2.24, 2.45) is 0 Å². The summed E-state index contributed by atoms with van der Waals surface area (Å²) in [6.07, 6.45) is 3.06. The van der Waals surface area contributed by atoms with Crippen LogP contribution < -0.4 is 0 Å². The van der Waals surface area contributed by atoms with Crippen LogP contribution in [0.25, 0.3) is 0 Å². The van der Waals surface area contributed by atoms with Crippen LogP contribution in [0.5, 0.6) is 0 Å². The zero-order chi connectivity index (χ0) is 20.2. The standard InChI is InChI=1S/C18H25ClN2O5S/c1-13(17(22)21-10-6-4-5-7-11-21)26-18(23)15-12-14(8-9-16(15)19)27(24,25)20(2)3/h8-9,12-13H,4-7,10-11H2,1-3H3/t13-/m0/s1. The van der Waals surface area contributed by atoms with Gasteiger partial charge in [-0.1, -0.05) is 24.4 Å². The highest BCUT2D eigenvalue weighted by Crippen LogP contribution is 2.23. The number of carbonyl (C=O) groups excluding carboxylic acids is 2. The van der Waals surface area contributed by atoms with Crippen LogP contribution in [0.2, 0.25) is 5.02 Å². The van der Waals surface area contributed by atoms with E-state index in [1.807, 2.05) is 0 Å². The molecule has 0 aliphatic carbocycles. The van der Waals surface area contributed by atoms with E-state index in [2.05, 4.69) is 0 Å². The van der Waals surface area contributed by atoms with Gasteiger partial charge in [0.15, 0.2) is 6.10 Å². The summed E-state index contributed by atoms with van der Waals surface area (Å²) < 4.78 is 30.8. The largest absolute Gasteiger partial charge is 0.449 e. The number of esters is 1. The third-order valence-electron chi connectivity index (χ3n) is 4.49. The number of hydrogen-bond donors (Lipinski definition) is 0. The van der Waals surface area contributed by atoms with Gasteiger partial charge in [0.1, 0.15) is 0 Å². The molecule has 1 aromatic rings. The van der Waals surface area contributed by atoms with Gasteiger partial charge in [-0.2, -0.15) is 0 Å². The van der Waals surface area contributed by atoms with Crippen LogP contribution >= 0.6 is 11.6 Å². The number of sulfonamides is 1. The number of benzene rings is 1. The third kappa shape index (κ3) is 5.21. The number of ether oxygens (including phenoxy) is 1. The van der Waals surface area contributed by atoms with E-state index in [0.29, 0.717) is 13.1 Å². The molecule has 1 heterocycles. The Morgan fingerprint density at radius 1 is 1.15 bits per heavy atom. The van der Waals surface area contributed by atoms with Crippen molar-refractivity contribution < 1.29 is 22.7 Å². The smallest absolute Gasteiger partial charge is 0.340 e. The lowest BCUT2D eigenvalue weighted by molar-refractivity contribution is -0.139. The third-order valence-corrected chi connectivity index (χ3v) is 6.63. The summed E-state index contributed by atoms with van der Waals surface area (Å²) in [5, 5.41) is 0.0622. The number of likely N-dealkylation sites (tertiary alicyclic amines) is 1. The molecule has 0 aromatic heterocycles. The topological polar surface area (TPSA) is 84.0 Å². The number of carbonyl (C=O) groups is 2. The van der Waals surface area contributed by atoms with Crippen molar-refractivity contribution in [1.29, 1.82) is 0 Å². The molecule has 1 amide bonds. The lowest BCUT2D eigenvalue weighted by Gasteiger charge is -2.24. The summed E-state index contributed by atoms with van der Waals surface area (Å²) >= 11 is 6.05. The number of hydrogen-bond acceptors (Lipinski definition) is 5. The van der Waals surface area contributed by atoms with Gasteiger partial charge in [-0.25, -0.2) is 17.5 Å². The molecule has 0 radical (unpaired) electrons. The van der Waals surface area contributed by atoms with Crippen molar-refractivity contribution in [1.82, 2.24) is 9.21 Å². The first-order valence-electron chi connectivity index (χ1n) is 8.86. The monoisotopic (exact) mass is 416 g/mol. The van der Waals surface area contributed by atoms with Gasteiger partial charge < -0.3 is 9.64 Å². The van der Waals surface area contributed by atoms with Crippen LogP contribution in [-0.4, -0.2) is 62.8 Å². The molecule has 1 fully saturated rings. The van der Waals surface area contributed by atoms with Crippen molar-refractivity contribution in [3.05, 3.63) is 28.8 Å². The van der Waals surface area contributed by atoms with E-state index in [1.165, 1.54) is 39.2 Å². The van der Waals surface area contributed by atoms with E-state index >= 15 is 0 Å². The summed E-state index contributed by atoms with van der Waals surface area (Å²) in [5.74, 6) is -1.08. The predicted molar refractivity (Wildman–Crippen MR) is 102 cm³/mol. The zero-order valence-electron chi connectivity index (χ0n) is 15.8. The first-order valence-corrected chi connectivity index (χ1v) is 10.7. The van der Waals surface area contributed by atoms with Crippen LogP contribution in [0, 0.1) is 0 Å². The molecule has 1 atom stereocenters. The number of amides is 1. The van der Waals surface area contributed by atoms with Crippen molar-refractivity contribution in [3.63, 3.8) is 0 Å². The Balaban J connectivity index is 2.16. The minimum atomic E-state index is -3.72. The fraction of sp³-hybridized carbons (Fsp3) is 0.556. The summed E-state index contributed by atoms with van der Waals surface area (Å²) in [6, 6.07) is 3.82. The minimum Gasteiger partial charge on any atom is -0.449 e. The summed E-state index contributed by atoms with van der Waals surface area (Å²) in [5.41, 5.74) is -0.0879. The predicted octanol–water partition coefficient (Wildman–Crippen LogP) is 2.54. The SMILES string of the molecule is C[C@H](OC(=O)c1cc(S(=O)(=O)N(C)C)ccc1Cl)C(=O)N1CCCCCC1. The fourth-order valence-corrected chi connectivity index (χ4v) is 3.98. The molecular weight excluding hydrogens is 392 g/mol. The van der Waals surface area contributed by atoms with Crippen molar-refractivity contribution >= 4 is 33.5 Å². The maximum absolute atomic E-state index is 12.5. The maximum atomic E-state index is 12.5. The fourth-order valence-electron chi connectivity index (χ4n) is 2.85. The molecule has 27 heavy (non-hydrogen) atoms. The summed E-state index contributed by atoms with van der Waals surface area (Å²) in [6.45, 7) is 2.82. The van der Waals surface area contributed by atoms with E-state index in [0.717, 1.165) is 30.0 Å². The number of nitrogens with zero attached hydrogens (tertiary/aromatic N) is 2. The van der Waals surface area contributed by atoms with E-state index in [-0.39, 0.29) is 21.4 Å². The Kier molecular flexibility index (Phi) is 7.25. The van der Waals surface area contributed by atoms with Crippen LogP contribution in [0.1, 0.15) is 43.0 Å². The highest BCUT2D eigenvalue weighted by molar-refractivity contribution is 7.89. The van der Waals surface area contributed by atoms with Gasteiger partial charge in [-0.05, 0) is 38.0 Å². The molecule has 1 aromatic carbocycles. The Bertz CT molecular complexity index is 802. The Hall–Kier alpha value is -1.64. The molecule has 7 nitrogen and oxygen atoms in total. The minimum absolute atomic E-state index is 0.0622. The first-order chi connectivity index (χ1) is 12.6. The van der Waals surface area contributed by atoms with Crippen LogP contribution in [-0.2, 0) is 19.6 Å². The van der Waals surface area contributed by atoms with Gasteiger partial charge in [0.05, 0.1) is 15.5 Å². The zero-order valence-corrected chi connectivity index (χ0v) is 17.3. The molecule has 150 valence electrons. The Morgan fingerprint density at radius 2 is 1.74 bits per heavy atom. The number of halogens is 1. The van der Waals surface area contributed by atoms with Gasteiger partial charge in [-0.3, -0.25) is 4.79 Å². The van der Waals surface area contributed by atoms with Crippen LogP contribution in [0.3, 0.4) is 0 Å². The van der Waals surface area contributed by atoms with Crippen molar-refractivity contribution in [3.8, 4) is 0 Å². The summed E-state index contributed by atoms with van der Waals surface area (Å²) in [7, 11) is -0.938. The second-order valence-corrected chi connectivity index (χ2v) is 9.28. The highest BCUT2D eigenvalue weighted by Gasteiger charge is 2.27. The lowest BCUT2D eigenvalue weighted by Crippen LogP contribution is -2.40. The normalized spacial score (nSPS) is 16.7. The average molecular weight is 417 g/mol. The molecule has 0 saturated carbocycles. The van der Waals surface area contributed by atoms with Gasteiger partial charge in [0.25, 0.3) is 5.91 Å². The molecule has 1 aliphatic heterocycles. The average Bonchev–Trinajstić information content (AvgIpc) is 2.90. The molecule has 1 saturated heterocycles. The molecule has 0 unspecified atom stereocenters. The van der Waals surface area contributed by atoms with Gasteiger partial charge >= 0.3 is 5.97 Å². The van der Waals surface area contributed by atoms with Gasteiger partial charge in [-0.15, -0.1) is 0 Å². The summed E-state index contributed by atoms with van der Waals surface area (Å²) in [4.78, 5) is 26.7. The van der Waals surface area contributed by atoms with Gasteiger partial charge in [0.2, 0.25) is 10.0 Å². The molecule has 0 bridgehead atoms. The molecule has 9 heteroatoms. The molecular formula is C18H25ClN2O5S. The van der Waals surface area contributed by atoms with E-state index in [1.54, 1.807) is 4.90 Å². The molecule has 0 spiro atoms. The van der Waals surface area contributed by atoms with Crippen LogP contribution in [0.4, 0.5) is 0 Å². The van der Waals surface area contributed by atoms with Crippen molar-refractivity contribution in [2.45, 2.75) is 43.6 Å². The molecule has 2 rings (SSSR count). The second-order valence-electron chi connectivity index (χ2n) is 6.72. The molecule has 0 N–H and O–H groups in total. The van der Waals surface area contributed by atoms with Gasteiger partial charge in [0, 0.05) is 27.2 Å². The Morgan fingerprint density at radius 3 is 2.30 bits per heavy atom. The quantitative estimate of drug-likeness (QED) is 0.688. The van der Waals surface area contributed by atoms with E-state index < -0.39 is 22.1 Å². The highest BCUT2D eigenvalue weighted by atomic mass is 35.5. The lowest BCUT2D eigenvalue weighted by atomic mass is 10.2. The Labute approximate surface area is 165 Å². The molecule has 1 aliphatic rings. The van der Waals surface area contributed by atoms with Crippen molar-refractivity contribution in [2.75, 3.05) is 27.2 Å². The first kappa shape index (κ1) is 21.7. The maximum Gasteiger partial charge on any atom is 0.340 e. The van der Waals surface area contributed by atoms with Crippen LogP contribution in [0.15, 0.2) is 23.1 Å². The van der Waals surface area contributed by atoms with E-state index in [4.69, 9.17) is 16.3 Å². The second kappa shape index (κ2) is 9.03. The van der Waals surface area contributed by atoms with E-state index in [9.17, 15) is 18.0 Å². The number of rotatable bonds is 5.